The second-order valence-corrected chi connectivity index (χ2v) is 9.15. The summed E-state index contributed by atoms with van der Waals surface area (Å²) in [6, 6.07) is 10.9. The summed E-state index contributed by atoms with van der Waals surface area (Å²) < 4.78 is 41.9. The van der Waals surface area contributed by atoms with E-state index in [1.807, 2.05) is 27.8 Å². The van der Waals surface area contributed by atoms with Gasteiger partial charge in [0.2, 0.25) is 0 Å². The van der Waals surface area contributed by atoms with Crippen LogP contribution in [0.4, 0.5) is 5.69 Å². The molecule has 2 aromatic carbocycles. The van der Waals surface area contributed by atoms with Gasteiger partial charge in [0, 0.05) is 24.4 Å². The monoisotopic (exact) mass is 445 g/mol. The van der Waals surface area contributed by atoms with Crippen molar-refractivity contribution < 1.29 is 17.9 Å². The zero-order chi connectivity index (χ0) is 22.9. The zero-order valence-corrected chi connectivity index (χ0v) is 19.3. The van der Waals surface area contributed by atoms with Crippen molar-refractivity contribution in [2.75, 3.05) is 18.9 Å². The molecule has 1 heterocycles. The summed E-state index contributed by atoms with van der Waals surface area (Å²) >= 11 is 0. The Balaban J connectivity index is 1.93. The summed E-state index contributed by atoms with van der Waals surface area (Å²) in [6.45, 7) is 5.85. The van der Waals surface area contributed by atoms with Crippen molar-refractivity contribution in [1.82, 2.24) is 9.36 Å². The number of rotatable bonds is 7. The molecule has 0 fully saturated rings. The lowest BCUT2D eigenvalue weighted by atomic mass is 10.0. The molecule has 1 N–H and O–H groups in total. The Bertz CT molecular complexity index is 1260. The Kier molecular flexibility index (Phi) is 6.17. The highest BCUT2D eigenvalue weighted by molar-refractivity contribution is 7.92. The molecule has 0 unspecified atom stereocenters. The fraction of sp³-hybridized carbons (Fsp3) is 0.318. The van der Waals surface area contributed by atoms with E-state index in [0.29, 0.717) is 22.9 Å². The van der Waals surface area contributed by atoms with Gasteiger partial charge in [-0.2, -0.15) is 0 Å². The first kappa shape index (κ1) is 22.5. The Morgan fingerprint density at radius 3 is 2.10 bits per heavy atom. The molecule has 9 heteroatoms. The van der Waals surface area contributed by atoms with Crippen LogP contribution < -0.4 is 19.8 Å². The summed E-state index contributed by atoms with van der Waals surface area (Å²) in [6.07, 6.45) is 0. The summed E-state index contributed by atoms with van der Waals surface area (Å²) in [5.74, 6) is 1.00. The molecule has 0 bridgehead atoms. The minimum absolute atomic E-state index is 0.0779. The molecule has 0 aliphatic rings. The van der Waals surface area contributed by atoms with E-state index in [2.05, 4.69) is 4.72 Å². The van der Waals surface area contributed by atoms with Crippen LogP contribution in [0.2, 0.25) is 0 Å². The van der Waals surface area contributed by atoms with Gasteiger partial charge in [0.15, 0.2) is 11.5 Å². The van der Waals surface area contributed by atoms with Crippen molar-refractivity contribution >= 4 is 15.7 Å². The SMILES string of the molecule is COc1ccc(NS(=O)(=O)c2ccc(-n3c(=O)c(C(C)C)c(C)n3C)cc2)cc1OC. The Hall–Kier alpha value is -3.20. The number of nitrogens with zero attached hydrogens (tertiary/aromatic N) is 2. The number of hydrogen-bond acceptors (Lipinski definition) is 5. The zero-order valence-electron chi connectivity index (χ0n) is 18.5. The molecule has 0 saturated heterocycles. The second-order valence-electron chi connectivity index (χ2n) is 7.46. The number of nitrogens with one attached hydrogen (secondary N) is 1. The minimum atomic E-state index is -3.83. The van der Waals surface area contributed by atoms with E-state index < -0.39 is 10.0 Å². The molecular weight excluding hydrogens is 418 g/mol. The number of ether oxygens (including phenoxy) is 2. The molecule has 0 amide bonds. The summed E-state index contributed by atoms with van der Waals surface area (Å²) in [7, 11) is 0.963. The number of hydrogen-bond donors (Lipinski definition) is 1. The normalized spacial score (nSPS) is 11.6. The molecule has 0 atom stereocenters. The van der Waals surface area contributed by atoms with E-state index in [4.69, 9.17) is 9.47 Å². The third kappa shape index (κ3) is 4.18. The standard InChI is InChI=1S/C22H27N3O5S/c1-14(2)21-15(3)24(4)25(22(21)26)17-8-10-18(11-9-17)31(27,28)23-16-7-12-19(29-5)20(13-16)30-6/h7-14,23H,1-6H3. The van der Waals surface area contributed by atoms with Gasteiger partial charge in [-0.25, -0.2) is 13.1 Å². The van der Waals surface area contributed by atoms with E-state index >= 15 is 0 Å². The van der Waals surface area contributed by atoms with Crippen molar-refractivity contribution in [2.45, 2.75) is 31.6 Å². The van der Waals surface area contributed by atoms with Crippen LogP contribution in [-0.2, 0) is 17.1 Å². The van der Waals surface area contributed by atoms with Gasteiger partial charge in [-0.1, -0.05) is 13.8 Å². The highest BCUT2D eigenvalue weighted by Gasteiger charge is 2.20. The molecule has 3 aromatic rings. The molecule has 0 aliphatic heterocycles. The van der Waals surface area contributed by atoms with Gasteiger partial charge in [-0.05, 0) is 49.2 Å². The van der Waals surface area contributed by atoms with Crippen LogP contribution in [0.1, 0.15) is 31.0 Å². The molecule has 31 heavy (non-hydrogen) atoms. The van der Waals surface area contributed by atoms with E-state index in [9.17, 15) is 13.2 Å². The van der Waals surface area contributed by atoms with Crippen LogP contribution in [0.3, 0.4) is 0 Å². The van der Waals surface area contributed by atoms with Gasteiger partial charge >= 0.3 is 0 Å². The van der Waals surface area contributed by atoms with Gasteiger partial charge in [-0.15, -0.1) is 0 Å². The lowest BCUT2D eigenvalue weighted by Crippen LogP contribution is -2.21. The summed E-state index contributed by atoms with van der Waals surface area (Å²) in [4.78, 5) is 13.0. The first-order valence-electron chi connectivity index (χ1n) is 9.74. The van der Waals surface area contributed by atoms with Crippen molar-refractivity contribution in [2.24, 2.45) is 7.05 Å². The third-order valence-corrected chi connectivity index (χ3v) is 6.60. The van der Waals surface area contributed by atoms with Crippen LogP contribution in [0.5, 0.6) is 11.5 Å². The highest BCUT2D eigenvalue weighted by Crippen LogP contribution is 2.30. The maximum Gasteiger partial charge on any atom is 0.275 e. The van der Waals surface area contributed by atoms with E-state index in [1.165, 1.54) is 26.4 Å². The Morgan fingerprint density at radius 1 is 0.968 bits per heavy atom. The average Bonchev–Trinajstić information content (AvgIpc) is 2.96. The summed E-state index contributed by atoms with van der Waals surface area (Å²) in [5, 5.41) is 0. The van der Waals surface area contributed by atoms with E-state index in [-0.39, 0.29) is 16.4 Å². The second kappa shape index (κ2) is 8.50. The molecular formula is C22H27N3O5S. The quantitative estimate of drug-likeness (QED) is 0.602. The lowest BCUT2D eigenvalue weighted by Gasteiger charge is -2.13. The number of methoxy groups -OCH3 is 2. The molecule has 8 nitrogen and oxygen atoms in total. The first-order valence-corrected chi connectivity index (χ1v) is 11.2. The fourth-order valence-corrected chi connectivity index (χ4v) is 4.61. The minimum Gasteiger partial charge on any atom is -0.493 e. The molecule has 0 spiro atoms. The Morgan fingerprint density at radius 2 is 1.58 bits per heavy atom. The average molecular weight is 446 g/mol. The number of benzene rings is 2. The molecule has 0 radical (unpaired) electrons. The maximum atomic E-state index is 12.9. The summed E-state index contributed by atoms with van der Waals surface area (Å²) in [5.41, 5.74) is 2.46. The molecule has 0 saturated carbocycles. The van der Waals surface area contributed by atoms with Crippen LogP contribution in [0.15, 0.2) is 52.2 Å². The van der Waals surface area contributed by atoms with Gasteiger partial charge in [-0.3, -0.25) is 14.2 Å². The van der Waals surface area contributed by atoms with Crippen LogP contribution in [0.25, 0.3) is 5.69 Å². The molecule has 3 rings (SSSR count). The van der Waals surface area contributed by atoms with Crippen LogP contribution in [-0.4, -0.2) is 32.0 Å². The highest BCUT2D eigenvalue weighted by atomic mass is 32.2. The predicted octanol–water partition coefficient (Wildman–Crippen LogP) is 3.43. The predicted molar refractivity (Wildman–Crippen MR) is 120 cm³/mol. The van der Waals surface area contributed by atoms with Crippen molar-refractivity contribution in [3.63, 3.8) is 0 Å². The van der Waals surface area contributed by atoms with E-state index in [1.54, 1.807) is 39.7 Å². The fourth-order valence-electron chi connectivity index (χ4n) is 3.56. The van der Waals surface area contributed by atoms with Crippen molar-refractivity contribution in [3.8, 4) is 17.2 Å². The van der Waals surface area contributed by atoms with Crippen molar-refractivity contribution in [3.05, 3.63) is 64.1 Å². The van der Waals surface area contributed by atoms with Crippen molar-refractivity contribution in [1.29, 1.82) is 0 Å². The molecule has 1 aromatic heterocycles. The molecule has 166 valence electrons. The van der Waals surface area contributed by atoms with Gasteiger partial charge in [0.25, 0.3) is 15.6 Å². The van der Waals surface area contributed by atoms with E-state index in [0.717, 1.165) is 11.3 Å². The van der Waals surface area contributed by atoms with Gasteiger partial charge in [0.1, 0.15) is 0 Å². The molecule has 0 aliphatic carbocycles. The van der Waals surface area contributed by atoms with Crippen LogP contribution >= 0.6 is 0 Å². The van der Waals surface area contributed by atoms with Gasteiger partial charge in [0.05, 0.1) is 30.5 Å². The third-order valence-electron chi connectivity index (χ3n) is 5.20. The number of anilines is 1. The largest absolute Gasteiger partial charge is 0.493 e. The lowest BCUT2D eigenvalue weighted by molar-refractivity contribution is 0.355. The maximum absolute atomic E-state index is 12.9. The smallest absolute Gasteiger partial charge is 0.275 e. The Labute approximate surface area is 182 Å². The van der Waals surface area contributed by atoms with Crippen LogP contribution in [0, 0.1) is 6.92 Å². The number of sulfonamides is 1. The topological polar surface area (TPSA) is 91.6 Å². The number of aromatic nitrogens is 2. The van der Waals surface area contributed by atoms with Gasteiger partial charge < -0.3 is 9.47 Å². The first-order chi connectivity index (χ1) is 14.6.